The van der Waals surface area contributed by atoms with Crippen LogP contribution in [0.5, 0.6) is 11.5 Å². The Balaban J connectivity index is 1.56. The predicted octanol–water partition coefficient (Wildman–Crippen LogP) is 0.953. The van der Waals surface area contributed by atoms with Crippen LogP contribution in [0.2, 0.25) is 0 Å². The van der Waals surface area contributed by atoms with Crippen LogP contribution in [0, 0.1) is 0 Å². The minimum Gasteiger partial charge on any atom is -0.457 e. The molecule has 1 fully saturated rings. The number of carbonyl (C=O) groups excluding carboxylic acids is 3. The lowest BCUT2D eigenvalue weighted by atomic mass is 10.2. The van der Waals surface area contributed by atoms with Gasteiger partial charge >= 0.3 is 0 Å². The Bertz CT molecular complexity index is 1070. The van der Waals surface area contributed by atoms with Crippen molar-refractivity contribution < 1.29 is 27.5 Å². The summed E-state index contributed by atoms with van der Waals surface area (Å²) in [7, 11) is -3.09. The zero-order valence-corrected chi connectivity index (χ0v) is 17.7. The van der Waals surface area contributed by atoms with Crippen molar-refractivity contribution in [3.05, 3.63) is 59.7 Å². The molecular formula is C21H23N3O6S. The summed E-state index contributed by atoms with van der Waals surface area (Å²) in [4.78, 5) is 37.5. The Hall–Kier alpha value is -3.40. The van der Waals surface area contributed by atoms with Gasteiger partial charge in [0.25, 0.3) is 5.91 Å². The summed E-state index contributed by atoms with van der Waals surface area (Å²) in [5.41, 5.74) is 5.92. The molecule has 0 bridgehead atoms. The lowest BCUT2D eigenvalue weighted by molar-refractivity contribution is -0.132. The van der Waals surface area contributed by atoms with E-state index in [-0.39, 0.29) is 30.5 Å². The van der Waals surface area contributed by atoms with Gasteiger partial charge in [0.1, 0.15) is 17.5 Å². The number of benzene rings is 2. The molecule has 0 aliphatic carbocycles. The minimum atomic E-state index is -3.09. The number of nitrogens with zero attached hydrogens (tertiary/aromatic N) is 1. The van der Waals surface area contributed by atoms with Crippen molar-refractivity contribution in [3.8, 4) is 11.5 Å². The first-order chi connectivity index (χ1) is 14.6. The maximum Gasteiger partial charge on any atom is 0.251 e. The summed E-state index contributed by atoms with van der Waals surface area (Å²) in [6.45, 7) is 1.83. The monoisotopic (exact) mass is 445 g/mol. The van der Waals surface area contributed by atoms with Crippen molar-refractivity contribution >= 4 is 27.6 Å². The van der Waals surface area contributed by atoms with Crippen LogP contribution in [0.15, 0.2) is 48.5 Å². The van der Waals surface area contributed by atoms with Crippen LogP contribution in [-0.4, -0.2) is 61.7 Å². The van der Waals surface area contributed by atoms with Gasteiger partial charge in [0.15, 0.2) is 9.84 Å². The van der Waals surface area contributed by atoms with Crippen LogP contribution in [0.1, 0.15) is 27.6 Å². The number of carbonyl (C=O) groups is 3. The number of hydrogen-bond acceptors (Lipinski definition) is 6. The summed E-state index contributed by atoms with van der Waals surface area (Å²) in [6.07, 6.45) is 0. The molecule has 1 atom stereocenters. The maximum absolute atomic E-state index is 12.5. The average Bonchev–Trinajstić information content (AvgIpc) is 2.74. The van der Waals surface area contributed by atoms with Crippen molar-refractivity contribution in [1.29, 1.82) is 0 Å². The normalized spacial score (nSPS) is 16.2. The molecule has 1 aliphatic heterocycles. The van der Waals surface area contributed by atoms with Crippen LogP contribution in [-0.2, 0) is 14.6 Å². The van der Waals surface area contributed by atoms with Gasteiger partial charge in [-0.05, 0) is 55.5 Å². The van der Waals surface area contributed by atoms with E-state index >= 15 is 0 Å². The van der Waals surface area contributed by atoms with Crippen LogP contribution in [0.3, 0.4) is 0 Å². The topological polar surface area (TPSA) is 136 Å². The van der Waals surface area contributed by atoms with Crippen LogP contribution < -0.4 is 15.8 Å². The molecule has 164 valence electrons. The van der Waals surface area contributed by atoms with E-state index in [1.54, 1.807) is 55.5 Å². The molecular weight excluding hydrogens is 422 g/mol. The van der Waals surface area contributed by atoms with Gasteiger partial charge in [0.05, 0.1) is 11.5 Å². The second kappa shape index (κ2) is 9.17. The molecule has 0 radical (unpaired) electrons. The Kier molecular flexibility index (Phi) is 6.59. The van der Waals surface area contributed by atoms with Crippen LogP contribution in [0.4, 0.5) is 0 Å². The van der Waals surface area contributed by atoms with Crippen molar-refractivity contribution in [2.24, 2.45) is 5.73 Å². The molecule has 0 aromatic heterocycles. The molecule has 3 N–H and O–H groups in total. The predicted molar refractivity (Wildman–Crippen MR) is 114 cm³/mol. The van der Waals surface area contributed by atoms with Gasteiger partial charge < -0.3 is 20.7 Å². The summed E-state index contributed by atoms with van der Waals surface area (Å²) in [6, 6.07) is 11.9. The molecule has 2 aromatic carbocycles. The maximum atomic E-state index is 12.5. The standard InChI is InChI=1S/C21H23N3O6S/c1-14(21(27)24-10-12-31(28,29)13-11-24)23-20(26)16-4-8-18(9-5-16)30-17-6-2-15(3-7-17)19(22)25/h2-9,14H,10-13H2,1H3,(H2,22,25)(H,23,26). The molecule has 0 saturated carbocycles. The summed E-state index contributed by atoms with van der Waals surface area (Å²) < 4.78 is 28.7. The minimum absolute atomic E-state index is 0.0634. The Morgan fingerprint density at radius 3 is 1.90 bits per heavy atom. The number of rotatable bonds is 6. The molecule has 1 aliphatic rings. The quantitative estimate of drug-likeness (QED) is 0.680. The number of hydrogen-bond donors (Lipinski definition) is 2. The molecule has 9 nitrogen and oxygen atoms in total. The van der Waals surface area contributed by atoms with Gasteiger partial charge in [0.2, 0.25) is 11.8 Å². The third-order valence-electron chi connectivity index (χ3n) is 4.87. The van der Waals surface area contributed by atoms with Crippen LogP contribution in [0.25, 0.3) is 0 Å². The van der Waals surface area contributed by atoms with Gasteiger partial charge in [-0.1, -0.05) is 0 Å². The molecule has 2 aromatic rings. The van der Waals surface area contributed by atoms with E-state index in [4.69, 9.17) is 10.5 Å². The van der Waals surface area contributed by atoms with Gasteiger partial charge in [-0.25, -0.2) is 8.42 Å². The van der Waals surface area contributed by atoms with Crippen LogP contribution >= 0.6 is 0 Å². The van der Waals surface area contributed by atoms with E-state index in [1.807, 2.05) is 0 Å². The molecule has 1 saturated heterocycles. The second-order valence-corrected chi connectivity index (χ2v) is 9.49. The van der Waals surface area contributed by atoms with Crippen molar-refractivity contribution in [2.75, 3.05) is 24.6 Å². The van der Waals surface area contributed by atoms with E-state index in [0.717, 1.165) is 0 Å². The number of amides is 3. The highest BCUT2D eigenvalue weighted by Gasteiger charge is 2.28. The first-order valence-electron chi connectivity index (χ1n) is 9.62. The summed E-state index contributed by atoms with van der Waals surface area (Å²) in [5, 5.41) is 2.64. The Morgan fingerprint density at radius 2 is 1.42 bits per heavy atom. The number of nitrogens with one attached hydrogen (secondary N) is 1. The fourth-order valence-corrected chi connectivity index (χ4v) is 4.25. The van der Waals surface area contributed by atoms with Gasteiger partial charge in [-0.3, -0.25) is 14.4 Å². The number of primary amides is 1. The molecule has 3 rings (SSSR count). The molecule has 10 heteroatoms. The summed E-state index contributed by atoms with van der Waals surface area (Å²) in [5.74, 6) is -0.407. The SMILES string of the molecule is CC(NC(=O)c1ccc(Oc2ccc(C(N)=O)cc2)cc1)C(=O)N1CCS(=O)(=O)CC1. The Morgan fingerprint density at radius 1 is 0.935 bits per heavy atom. The van der Waals surface area contributed by atoms with E-state index in [9.17, 15) is 22.8 Å². The number of sulfone groups is 1. The van der Waals surface area contributed by atoms with Gasteiger partial charge in [-0.15, -0.1) is 0 Å². The van der Waals surface area contributed by atoms with E-state index in [2.05, 4.69) is 5.32 Å². The average molecular weight is 445 g/mol. The fraction of sp³-hybridized carbons (Fsp3) is 0.286. The lowest BCUT2D eigenvalue weighted by Crippen LogP contribution is -2.51. The van der Waals surface area contributed by atoms with Gasteiger partial charge in [0, 0.05) is 24.2 Å². The highest BCUT2D eigenvalue weighted by molar-refractivity contribution is 7.91. The highest BCUT2D eigenvalue weighted by atomic mass is 32.2. The second-order valence-electron chi connectivity index (χ2n) is 7.19. The third kappa shape index (κ3) is 5.82. The van der Waals surface area contributed by atoms with Gasteiger partial charge in [-0.2, -0.15) is 0 Å². The van der Waals surface area contributed by atoms with Crippen molar-refractivity contribution in [2.45, 2.75) is 13.0 Å². The third-order valence-corrected chi connectivity index (χ3v) is 6.47. The lowest BCUT2D eigenvalue weighted by Gasteiger charge is -2.29. The zero-order valence-electron chi connectivity index (χ0n) is 16.9. The van der Waals surface area contributed by atoms with E-state index < -0.39 is 27.7 Å². The van der Waals surface area contributed by atoms with Crippen molar-refractivity contribution in [3.63, 3.8) is 0 Å². The first-order valence-corrected chi connectivity index (χ1v) is 11.4. The van der Waals surface area contributed by atoms with E-state index in [0.29, 0.717) is 22.6 Å². The van der Waals surface area contributed by atoms with Crippen molar-refractivity contribution in [1.82, 2.24) is 10.2 Å². The number of nitrogens with two attached hydrogens (primary N) is 1. The molecule has 3 amide bonds. The highest BCUT2D eigenvalue weighted by Crippen LogP contribution is 2.22. The number of ether oxygens (including phenoxy) is 1. The molecule has 31 heavy (non-hydrogen) atoms. The molecule has 1 heterocycles. The largest absolute Gasteiger partial charge is 0.457 e. The molecule has 1 unspecified atom stereocenters. The smallest absolute Gasteiger partial charge is 0.251 e. The fourth-order valence-electron chi connectivity index (χ4n) is 3.05. The Labute approximate surface area is 180 Å². The first kappa shape index (κ1) is 22.3. The zero-order chi connectivity index (χ0) is 22.6. The van der Waals surface area contributed by atoms with E-state index in [1.165, 1.54) is 4.90 Å². The molecule has 0 spiro atoms. The summed E-state index contributed by atoms with van der Waals surface area (Å²) >= 11 is 0.